The number of aromatic nitrogens is 2. The van der Waals surface area contributed by atoms with Crippen molar-refractivity contribution in [2.24, 2.45) is 0 Å². The molecular weight excluding hydrogens is 308 g/mol. The van der Waals surface area contributed by atoms with Crippen LogP contribution in [0.2, 0.25) is 0 Å². The number of aliphatic hydroxyl groups excluding tert-OH is 2. The molecule has 1 aromatic carbocycles. The van der Waals surface area contributed by atoms with E-state index in [1.165, 1.54) is 0 Å². The van der Waals surface area contributed by atoms with Crippen molar-refractivity contribution in [1.82, 2.24) is 9.55 Å². The highest BCUT2D eigenvalue weighted by atomic mass is 16.3. The van der Waals surface area contributed by atoms with Gasteiger partial charge in [0, 0.05) is 24.3 Å². The Morgan fingerprint density at radius 1 is 1.17 bits per heavy atom. The minimum atomic E-state index is -0.936. The molecule has 1 atom stereocenters. The molecule has 2 aromatic rings. The second-order valence-corrected chi connectivity index (χ2v) is 6.22. The summed E-state index contributed by atoms with van der Waals surface area (Å²) in [6.45, 7) is 3.48. The van der Waals surface area contributed by atoms with Crippen LogP contribution in [-0.4, -0.2) is 32.5 Å². The zero-order chi connectivity index (χ0) is 17.7. The van der Waals surface area contributed by atoms with Crippen molar-refractivity contribution in [2.75, 3.05) is 6.61 Å². The van der Waals surface area contributed by atoms with Gasteiger partial charge in [0.2, 0.25) is 0 Å². The minimum absolute atomic E-state index is 0.0608. The van der Waals surface area contributed by atoms with Gasteiger partial charge in [0.1, 0.15) is 0 Å². The first-order chi connectivity index (χ1) is 11.4. The third-order valence-electron chi connectivity index (χ3n) is 3.96. The molecule has 0 amide bonds. The lowest BCUT2D eigenvalue weighted by molar-refractivity contribution is 0.114. The average molecular weight is 332 g/mol. The molecule has 6 nitrogen and oxygen atoms in total. The topological polar surface area (TPSA) is 95.3 Å². The molecule has 0 spiro atoms. The molecule has 0 saturated heterocycles. The van der Waals surface area contributed by atoms with Crippen LogP contribution in [0, 0.1) is 0 Å². The quantitative estimate of drug-likeness (QED) is 0.705. The van der Waals surface area contributed by atoms with Crippen LogP contribution in [0.15, 0.2) is 39.9 Å². The van der Waals surface area contributed by atoms with Crippen LogP contribution in [0.1, 0.15) is 43.0 Å². The Labute approximate surface area is 140 Å². The molecule has 0 aliphatic carbocycles. The molecule has 1 heterocycles. The number of nitrogens with one attached hydrogen (secondary N) is 1. The van der Waals surface area contributed by atoms with E-state index in [-0.39, 0.29) is 31.0 Å². The van der Waals surface area contributed by atoms with Crippen molar-refractivity contribution in [2.45, 2.75) is 45.3 Å². The van der Waals surface area contributed by atoms with Crippen molar-refractivity contribution < 1.29 is 10.2 Å². The number of H-pyrrole nitrogens is 1. The highest BCUT2D eigenvalue weighted by molar-refractivity contribution is 5.28. The van der Waals surface area contributed by atoms with Crippen molar-refractivity contribution in [3.05, 3.63) is 68.0 Å². The monoisotopic (exact) mass is 332 g/mol. The van der Waals surface area contributed by atoms with Crippen molar-refractivity contribution in [3.63, 3.8) is 0 Å². The number of nitrogens with zero attached hydrogens (tertiary/aromatic N) is 1. The van der Waals surface area contributed by atoms with Crippen LogP contribution in [-0.2, 0) is 13.0 Å². The molecule has 2 rings (SSSR count). The van der Waals surface area contributed by atoms with Gasteiger partial charge in [-0.3, -0.25) is 9.36 Å². The largest absolute Gasteiger partial charge is 0.396 e. The fraction of sp³-hybridized carbons (Fsp3) is 0.444. The lowest BCUT2D eigenvalue weighted by atomic mass is 9.98. The summed E-state index contributed by atoms with van der Waals surface area (Å²) in [5.41, 5.74) is 1.25. The van der Waals surface area contributed by atoms with E-state index >= 15 is 0 Å². The maximum absolute atomic E-state index is 12.8. The van der Waals surface area contributed by atoms with Gasteiger partial charge in [-0.05, 0) is 17.9 Å². The maximum Gasteiger partial charge on any atom is 0.328 e. The fourth-order valence-electron chi connectivity index (χ4n) is 2.78. The Kier molecular flexibility index (Phi) is 6.11. The van der Waals surface area contributed by atoms with E-state index in [1.807, 2.05) is 44.2 Å². The molecular formula is C18H24N2O4. The molecule has 0 bridgehead atoms. The number of benzene rings is 1. The molecule has 1 aromatic heterocycles. The van der Waals surface area contributed by atoms with Gasteiger partial charge in [0.05, 0.1) is 12.6 Å². The lowest BCUT2D eigenvalue weighted by Gasteiger charge is -2.16. The van der Waals surface area contributed by atoms with Crippen LogP contribution in [0.25, 0.3) is 0 Å². The molecule has 1 unspecified atom stereocenters. The van der Waals surface area contributed by atoms with Gasteiger partial charge < -0.3 is 15.2 Å². The molecule has 0 fully saturated rings. The predicted octanol–water partition coefficient (Wildman–Crippen LogP) is 0.994. The van der Waals surface area contributed by atoms with Crippen LogP contribution in [0.3, 0.4) is 0 Å². The first-order valence-electron chi connectivity index (χ1n) is 8.12. The summed E-state index contributed by atoms with van der Waals surface area (Å²) in [7, 11) is 0. The SMILES string of the molecule is CC(C)c1c(Cc2ccccc2)[nH]c(=O)n(CC(O)CCO)c1=O. The van der Waals surface area contributed by atoms with E-state index in [0.29, 0.717) is 17.7 Å². The number of hydrogen-bond acceptors (Lipinski definition) is 4. The zero-order valence-corrected chi connectivity index (χ0v) is 14.0. The van der Waals surface area contributed by atoms with Gasteiger partial charge in [-0.2, -0.15) is 0 Å². The Balaban J connectivity index is 2.46. The van der Waals surface area contributed by atoms with Crippen molar-refractivity contribution in [3.8, 4) is 0 Å². The van der Waals surface area contributed by atoms with Crippen molar-refractivity contribution >= 4 is 0 Å². The first kappa shape index (κ1) is 18.2. The van der Waals surface area contributed by atoms with Crippen LogP contribution in [0.4, 0.5) is 0 Å². The number of aromatic amines is 1. The van der Waals surface area contributed by atoms with Crippen molar-refractivity contribution in [1.29, 1.82) is 0 Å². The highest BCUT2D eigenvalue weighted by Gasteiger charge is 2.18. The molecule has 130 valence electrons. The molecule has 0 aliphatic heterocycles. The number of rotatable bonds is 7. The number of aliphatic hydroxyl groups is 2. The van der Waals surface area contributed by atoms with E-state index in [0.717, 1.165) is 10.1 Å². The van der Waals surface area contributed by atoms with Gasteiger partial charge in [-0.1, -0.05) is 44.2 Å². The number of hydrogen-bond donors (Lipinski definition) is 3. The smallest absolute Gasteiger partial charge is 0.328 e. The van der Waals surface area contributed by atoms with Crippen LogP contribution in [0.5, 0.6) is 0 Å². The average Bonchev–Trinajstić information content (AvgIpc) is 2.52. The van der Waals surface area contributed by atoms with E-state index in [4.69, 9.17) is 5.11 Å². The summed E-state index contributed by atoms with van der Waals surface area (Å²) in [4.78, 5) is 27.8. The summed E-state index contributed by atoms with van der Waals surface area (Å²) in [6.07, 6.45) is -0.346. The Morgan fingerprint density at radius 3 is 2.42 bits per heavy atom. The summed E-state index contributed by atoms with van der Waals surface area (Å²) < 4.78 is 1.02. The van der Waals surface area contributed by atoms with Gasteiger partial charge in [0.15, 0.2) is 0 Å². The molecule has 24 heavy (non-hydrogen) atoms. The van der Waals surface area contributed by atoms with Gasteiger partial charge in [0.25, 0.3) is 5.56 Å². The Bertz CT molecular complexity index is 778. The van der Waals surface area contributed by atoms with Crippen LogP contribution < -0.4 is 11.2 Å². The summed E-state index contributed by atoms with van der Waals surface area (Å²) >= 11 is 0. The first-order valence-corrected chi connectivity index (χ1v) is 8.12. The van der Waals surface area contributed by atoms with Gasteiger partial charge >= 0.3 is 5.69 Å². The fourth-order valence-corrected chi connectivity index (χ4v) is 2.78. The van der Waals surface area contributed by atoms with Gasteiger partial charge in [-0.15, -0.1) is 0 Å². The van der Waals surface area contributed by atoms with Gasteiger partial charge in [-0.25, -0.2) is 4.79 Å². The third kappa shape index (κ3) is 4.21. The molecule has 0 saturated carbocycles. The highest BCUT2D eigenvalue weighted by Crippen LogP contribution is 2.16. The van der Waals surface area contributed by atoms with E-state index in [9.17, 15) is 14.7 Å². The molecule has 3 N–H and O–H groups in total. The zero-order valence-electron chi connectivity index (χ0n) is 14.0. The summed E-state index contributed by atoms with van der Waals surface area (Å²) in [5, 5.41) is 18.7. The maximum atomic E-state index is 12.8. The van der Waals surface area contributed by atoms with E-state index in [1.54, 1.807) is 0 Å². The van der Waals surface area contributed by atoms with E-state index in [2.05, 4.69) is 4.98 Å². The molecule has 0 aliphatic rings. The molecule has 6 heteroatoms. The predicted molar refractivity (Wildman–Crippen MR) is 92.4 cm³/mol. The normalized spacial score (nSPS) is 12.5. The van der Waals surface area contributed by atoms with Crippen LogP contribution >= 0.6 is 0 Å². The summed E-state index contributed by atoms with van der Waals surface area (Å²) in [6, 6.07) is 9.62. The molecule has 0 radical (unpaired) electrons. The minimum Gasteiger partial charge on any atom is -0.396 e. The second-order valence-electron chi connectivity index (χ2n) is 6.22. The Hall–Kier alpha value is -2.18. The Morgan fingerprint density at radius 2 is 1.83 bits per heavy atom. The van der Waals surface area contributed by atoms with E-state index < -0.39 is 11.8 Å². The summed E-state index contributed by atoms with van der Waals surface area (Å²) in [5.74, 6) is -0.0608. The lowest BCUT2D eigenvalue weighted by Crippen LogP contribution is -2.41. The standard InChI is InChI=1S/C18H24N2O4/c1-12(2)16-15(10-13-6-4-3-5-7-13)19-18(24)20(17(16)23)11-14(22)8-9-21/h3-7,12,14,21-22H,8-11H2,1-2H3,(H,19,24). The third-order valence-corrected chi connectivity index (χ3v) is 3.96. The second kappa shape index (κ2) is 8.08.